The topological polar surface area (TPSA) is 77.0 Å². The Morgan fingerprint density at radius 1 is 1.67 bits per heavy atom. The third-order valence-corrected chi connectivity index (χ3v) is 1.70. The Bertz CT molecular complexity index is 263. The Morgan fingerprint density at radius 3 is 2.58 bits per heavy atom. The number of aromatic nitrogens is 3. The maximum atomic E-state index is 9.68. The lowest BCUT2D eigenvalue weighted by Crippen LogP contribution is -2.40. The number of nitrogens with zero attached hydrogens (tertiary/aromatic N) is 3. The minimum Gasteiger partial charge on any atom is -0.383 e. The van der Waals surface area contributed by atoms with Crippen LogP contribution in [0.3, 0.4) is 0 Å². The first-order valence-electron chi connectivity index (χ1n) is 3.74. The van der Waals surface area contributed by atoms with Crippen LogP contribution in [0.1, 0.15) is 25.8 Å². The molecule has 0 aliphatic carbocycles. The van der Waals surface area contributed by atoms with Gasteiger partial charge < -0.3 is 15.4 Å². The maximum absolute atomic E-state index is 9.68. The van der Waals surface area contributed by atoms with Crippen molar-refractivity contribution in [2.75, 3.05) is 0 Å². The smallest absolute Gasteiger partial charge is 0.163 e. The fourth-order valence-electron chi connectivity index (χ4n) is 0.872. The summed E-state index contributed by atoms with van der Waals surface area (Å²) in [5.74, 6) is 0.488. The van der Waals surface area contributed by atoms with E-state index in [9.17, 15) is 5.11 Å². The van der Waals surface area contributed by atoms with Crippen molar-refractivity contribution < 1.29 is 5.11 Å². The third kappa shape index (κ3) is 1.62. The normalized spacial score (nSPS) is 14.8. The van der Waals surface area contributed by atoms with Crippen LogP contribution in [0.5, 0.6) is 0 Å². The van der Waals surface area contributed by atoms with Crippen molar-refractivity contribution in [3.63, 3.8) is 0 Å². The monoisotopic (exact) mass is 170 g/mol. The molecule has 0 bridgehead atoms. The van der Waals surface area contributed by atoms with Gasteiger partial charge in [0.05, 0.1) is 0 Å². The van der Waals surface area contributed by atoms with Gasteiger partial charge >= 0.3 is 0 Å². The highest BCUT2D eigenvalue weighted by molar-refractivity contribution is 4.99. The Hall–Kier alpha value is -0.940. The molecule has 3 N–H and O–H groups in total. The largest absolute Gasteiger partial charge is 0.383 e. The Balaban J connectivity index is 2.92. The summed E-state index contributed by atoms with van der Waals surface area (Å²) >= 11 is 0. The number of hydrogen-bond acceptors (Lipinski definition) is 4. The number of rotatable bonds is 2. The molecule has 0 fully saturated rings. The molecular formula is C7H14N4O. The first kappa shape index (κ1) is 9.15. The van der Waals surface area contributed by atoms with E-state index in [0.717, 1.165) is 0 Å². The Labute approximate surface area is 71.2 Å². The fourth-order valence-corrected chi connectivity index (χ4v) is 0.872. The average molecular weight is 170 g/mol. The first-order valence-corrected chi connectivity index (χ1v) is 3.74. The molecule has 0 spiro atoms. The minimum atomic E-state index is -0.787. The van der Waals surface area contributed by atoms with E-state index in [1.807, 2.05) is 0 Å². The summed E-state index contributed by atoms with van der Waals surface area (Å²) in [6.45, 7) is 3.48. The number of hydrogen-bond donors (Lipinski definition) is 2. The van der Waals surface area contributed by atoms with E-state index in [-0.39, 0.29) is 0 Å². The van der Waals surface area contributed by atoms with Gasteiger partial charge in [0, 0.05) is 12.6 Å². The highest BCUT2D eigenvalue weighted by Crippen LogP contribution is 2.19. The molecule has 12 heavy (non-hydrogen) atoms. The zero-order valence-corrected chi connectivity index (χ0v) is 7.52. The van der Waals surface area contributed by atoms with Crippen LogP contribution in [0.2, 0.25) is 0 Å². The van der Waals surface area contributed by atoms with Crippen molar-refractivity contribution in [2.24, 2.45) is 12.8 Å². The summed E-state index contributed by atoms with van der Waals surface area (Å²) in [6, 6.07) is 0. The van der Waals surface area contributed by atoms with Gasteiger partial charge in [0.1, 0.15) is 12.4 Å². The van der Waals surface area contributed by atoms with Crippen LogP contribution in [0, 0.1) is 0 Å². The predicted molar refractivity (Wildman–Crippen MR) is 44.2 cm³/mol. The molecule has 0 radical (unpaired) electrons. The maximum Gasteiger partial charge on any atom is 0.163 e. The van der Waals surface area contributed by atoms with E-state index < -0.39 is 11.6 Å². The van der Waals surface area contributed by atoms with E-state index in [0.29, 0.717) is 5.82 Å². The van der Waals surface area contributed by atoms with E-state index in [2.05, 4.69) is 10.2 Å². The number of aliphatic hydroxyl groups is 1. The lowest BCUT2D eigenvalue weighted by atomic mass is 9.98. The minimum absolute atomic E-state index is 0.488. The van der Waals surface area contributed by atoms with Gasteiger partial charge in [0.2, 0.25) is 0 Å². The zero-order chi connectivity index (χ0) is 9.35. The molecule has 1 rings (SSSR count). The third-order valence-electron chi connectivity index (χ3n) is 1.70. The highest BCUT2D eigenvalue weighted by Gasteiger charge is 2.27. The molecule has 1 unspecified atom stereocenters. The second kappa shape index (κ2) is 2.84. The summed E-state index contributed by atoms with van der Waals surface area (Å²) in [7, 11) is 1.77. The van der Waals surface area contributed by atoms with Crippen molar-refractivity contribution in [1.82, 2.24) is 14.8 Å². The summed E-state index contributed by atoms with van der Waals surface area (Å²) in [5, 5.41) is 17.1. The van der Waals surface area contributed by atoms with Gasteiger partial charge in [0.25, 0.3) is 0 Å². The van der Waals surface area contributed by atoms with E-state index in [4.69, 9.17) is 5.73 Å². The van der Waals surface area contributed by atoms with Crippen molar-refractivity contribution in [3.05, 3.63) is 12.2 Å². The standard InChI is InChI=1S/C7H14N4O/c1-7(2,8)5(12)6-10-9-4-11(6)3/h4-5,12H,8H2,1-3H3. The van der Waals surface area contributed by atoms with Crippen LogP contribution in [-0.4, -0.2) is 25.4 Å². The molecule has 1 aromatic rings. The molecule has 0 aliphatic rings. The molecule has 1 aromatic heterocycles. The van der Waals surface area contributed by atoms with E-state index >= 15 is 0 Å². The van der Waals surface area contributed by atoms with Crippen molar-refractivity contribution in [1.29, 1.82) is 0 Å². The van der Waals surface area contributed by atoms with Crippen LogP contribution in [0.25, 0.3) is 0 Å². The number of nitrogens with two attached hydrogens (primary N) is 1. The summed E-state index contributed by atoms with van der Waals surface area (Å²) in [4.78, 5) is 0. The second-order valence-corrected chi connectivity index (χ2v) is 3.52. The molecule has 0 saturated carbocycles. The second-order valence-electron chi connectivity index (χ2n) is 3.52. The van der Waals surface area contributed by atoms with Crippen LogP contribution in [0.4, 0.5) is 0 Å². The van der Waals surface area contributed by atoms with Gasteiger partial charge in [-0.3, -0.25) is 0 Å². The summed E-state index contributed by atoms with van der Waals surface area (Å²) < 4.78 is 1.65. The number of aryl methyl sites for hydroxylation is 1. The predicted octanol–water partition coefficient (Wildman–Crippen LogP) is -0.414. The van der Waals surface area contributed by atoms with Gasteiger partial charge in [-0.05, 0) is 13.8 Å². The van der Waals surface area contributed by atoms with Crippen molar-refractivity contribution in [2.45, 2.75) is 25.5 Å². The molecule has 0 saturated heterocycles. The highest BCUT2D eigenvalue weighted by atomic mass is 16.3. The zero-order valence-electron chi connectivity index (χ0n) is 7.52. The fraction of sp³-hybridized carbons (Fsp3) is 0.714. The van der Waals surface area contributed by atoms with Gasteiger partial charge in [-0.15, -0.1) is 10.2 Å². The molecule has 0 amide bonds. The molecule has 5 nitrogen and oxygen atoms in total. The first-order chi connectivity index (χ1) is 5.43. The van der Waals surface area contributed by atoms with E-state index in [1.165, 1.54) is 6.33 Å². The van der Waals surface area contributed by atoms with Gasteiger partial charge in [-0.25, -0.2) is 0 Å². The Morgan fingerprint density at radius 2 is 2.25 bits per heavy atom. The lowest BCUT2D eigenvalue weighted by Gasteiger charge is -2.24. The van der Waals surface area contributed by atoms with Gasteiger partial charge in [-0.1, -0.05) is 0 Å². The molecule has 1 heterocycles. The molecular weight excluding hydrogens is 156 g/mol. The lowest BCUT2D eigenvalue weighted by molar-refractivity contribution is 0.0929. The molecule has 0 aromatic carbocycles. The van der Waals surface area contributed by atoms with Crippen molar-refractivity contribution >= 4 is 0 Å². The summed E-state index contributed by atoms with van der Waals surface area (Å²) in [5.41, 5.74) is 5.01. The average Bonchev–Trinajstić information content (AvgIpc) is 2.31. The number of aliphatic hydroxyl groups excluding tert-OH is 1. The van der Waals surface area contributed by atoms with Crippen LogP contribution >= 0.6 is 0 Å². The SMILES string of the molecule is Cn1cnnc1C(O)C(C)(C)N. The molecule has 1 atom stereocenters. The summed E-state index contributed by atoms with van der Waals surface area (Å²) in [6.07, 6.45) is 0.745. The van der Waals surface area contributed by atoms with Crippen LogP contribution in [-0.2, 0) is 7.05 Å². The van der Waals surface area contributed by atoms with Crippen molar-refractivity contribution in [3.8, 4) is 0 Å². The molecule has 68 valence electrons. The molecule has 5 heteroatoms. The van der Waals surface area contributed by atoms with E-state index in [1.54, 1.807) is 25.5 Å². The van der Waals surface area contributed by atoms with Gasteiger partial charge in [0.15, 0.2) is 5.82 Å². The Kier molecular flexibility index (Phi) is 2.16. The van der Waals surface area contributed by atoms with Crippen LogP contribution < -0.4 is 5.73 Å². The van der Waals surface area contributed by atoms with Gasteiger partial charge in [-0.2, -0.15) is 0 Å². The quantitative estimate of drug-likeness (QED) is 0.632. The van der Waals surface area contributed by atoms with Crippen LogP contribution in [0.15, 0.2) is 6.33 Å². The molecule has 0 aliphatic heterocycles.